The van der Waals surface area contributed by atoms with Gasteiger partial charge in [-0.3, -0.25) is 4.79 Å². The molecule has 30 heavy (non-hydrogen) atoms. The molecule has 0 bridgehead atoms. The molecule has 1 heterocycles. The van der Waals surface area contributed by atoms with Crippen molar-refractivity contribution in [3.8, 4) is 5.75 Å². The number of carbonyl (C=O) groups excluding carboxylic acids is 1. The van der Waals surface area contributed by atoms with Crippen molar-refractivity contribution in [3.63, 3.8) is 0 Å². The van der Waals surface area contributed by atoms with Crippen LogP contribution in [0.1, 0.15) is 54.6 Å². The molecule has 0 saturated carbocycles. The van der Waals surface area contributed by atoms with Gasteiger partial charge in [0, 0.05) is 12.7 Å². The van der Waals surface area contributed by atoms with Crippen molar-refractivity contribution in [2.24, 2.45) is 11.5 Å². The van der Waals surface area contributed by atoms with Gasteiger partial charge in [-0.2, -0.15) is 0 Å². The van der Waals surface area contributed by atoms with Crippen LogP contribution < -0.4 is 16.2 Å². The van der Waals surface area contributed by atoms with Crippen molar-refractivity contribution in [1.82, 2.24) is 9.55 Å². The highest BCUT2D eigenvalue weighted by molar-refractivity contribution is 5.90. The van der Waals surface area contributed by atoms with Crippen LogP contribution in [0.15, 0.2) is 36.8 Å². The van der Waals surface area contributed by atoms with Gasteiger partial charge in [-0.05, 0) is 50.3 Å². The summed E-state index contributed by atoms with van der Waals surface area (Å²) in [6.45, 7) is 1.86. The topological polar surface area (TPSA) is 116 Å². The number of rotatable bonds is 14. The van der Waals surface area contributed by atoms with Gasteiger partial charge in [-0.15, -0.1) is 24.8 Å². The minimum Gasteiger partial charge on any atom is -0.493 e. The van der Waals surface area contributed by atoms with Gasteiger partial charge < -0.3 is 25.9 Å². The summed E-state index contributed by atoms with van der Waals surface area (Å²) >= 11 is 0. The maximum Gasteiger partial charge on any atom is 0.268 e. The predicted octanol–water partition coefficient (Wildman–Crippen LogP) is 3.11. The van der Waals surface area contributed by atoms with E-state index < -0.39 is 12.0 Å². The van der Waals surface area contributed by atoms with Crippen molar-refractivity contribution >= 4 is 30.7 Å². The van der Waals surface area contributed by atoms with Crippen molar-refractivity contribution in [2.75, 3.05) is 13.2 Å². The molecule has 2 aromatic rings. The first-order valence-corrected chi connectivity index (χ1v) is 10.0. The summed E-state index contributed by atoms with van der Waals surface area (Å²) in [6.07, 6.45) is 9.29. The predicted molar refractivity (Wildman–Crippen MR) is 124 cm³/mol. The first-order valence-electron chi connectivity index (χ1n) is 10.0. The van der Waals surface area contributed by atoms with E-state index in [0.29, 0.717) is 19.6 Å². The van der Waals surface area contributed by atoms with Crippen molar-refractivity contribution in [1.29, 1.82) is 0 Å². The van der Waals surface area contributed by atoms with Gasteiger partial charge in [0.2, 0.25) is 0 Å². The average Bonchev–Trinajstić information content (AvgIpc) is 3.14. The molecule has 0 saturated heterocycles. The fourth-order valence-electron chi connectivity index (χ4n) is 3.08. The number of ether oxygens (including phenoxy) is 1. The molecule has 1 atom stereocenters. The number of amides is 1. The molecular weight excluding hydrogens is 427 g/mol. The number of hydrogen-bond acceptors (Lipinski definition) is 5. The molecule has 5 N–H and O–H groups in total. The lowest BCUT2D eigenvalue weighted by Gasteiger charge is -2.13. The highest BCUT2D eigenvalue weighted by atomic mass is 35.5. The number of aliphatic hydroxyl groups excluding tert-OH is 1. The second kappa shape index (κ2) is 16.0. The van der Waals surface area contributed by atoms with Crippen LogP contribution in [0.2, 0.25) is 0 Å². The van der Waals surface area contributed by atoms with Crippen LogP contribution in [-0.4, -0.2) is 39.8 Å². The number of imidazole rings is 1. The van der Waals surface area contributed by atoms with Crippen LogP contribution in [0.25, 0.3) is 0 Å². The number of aryl methyl sites for hydroxylation is 1. The van der Waals surface area contributed by atoms with Gasteiger partial charge in [0.25, 0.3) is 5.91 Å². The van der Waals surface area contributed by atoms with E-state index in [1.807, 2.05) is 18.2 Å². The van der Waals surface area contributed by atoms with Gasteiger partial charge in [0.1, 0.15) is 11.4 Å². The molecule has 0 aliphatic rings. The number of para-hydroxylation sites is 1. The molecule has 0 radical (unpaired) electrons. The summed E-state index contributed by atoms with van der Waals surface area (Å²) in [5.74, 6) is 0.362. The summed E-state index contributed by atoms with van der Waals surface area (Å²) in [6, 6.07) is 8.07. The number of aliphatic hydroxyl groups is 1. The fraction of sp³-hybridized carbons (Fsp3) is 0.524. The molecule has 1 amide bonds. The molecule has 1 aromatic carbocycles. The van der Waals surface area contributed by atoms with E-state index in [9.17, 15) is 9.90 Å². The Morgan fingerprint density at radius 1 is 1.13 bits per heavy atom. The number of nitrogens with two attached hydrogens (primary N) is 2. The van der Waals surface area contributed by atoms with Crippen molar-refractivity contribution in [3.05, 3.63) is 48.0 Å². The lowest BCUT2D eigenvalue weighted by molar-refractivity contribution is 0.0995. The maximum atomic E-state index is 11.1. The largest absolute Gasteiger partial charge is 0.493 e. The van der Waals surface area contributed by atoms with Gasteiger partial charge in [-0.1, -0.05) is 31.0 Å². The minimum absolute atomic E-state index is 0. The van der Waals surface area contributed by atoms with E-state index in [-0.39, 0.29) is 30.5 Å². The molecule has 7 nitrogen and oxygen atoms in total. The van der Waals surface area contributed by atoms with Crippen LogP contribution in [0.3, 0.4) is 0 Å². The Bertz CT molecular complexity index is 728. The highest BCUT2D eigenvalue weighted by Crippen LogP contribution is 2.21. The number of halogens is 2. The SMILES string of the molecule is Cl.Cl.NCCCCCCOc1ccccc1CCC[C@H](O)Cn1cnc(C(N)=O)c1. The Morgan fingerprint density at radius 2 is 1.87 bits per heavy atom. The van der Waals surface area contributed by atoms with Crippen LogP contribution >= 0.6 is 24.8 Å². The Balaban J connectivity index is 0.00000420. The van der Waals surface area contributed by atoms with E-state index in [1.54, 1.807) is 10.8 Å². The van der Waals surface area contributed by atoms with Crippen LogP contribution in [0, 0.1) is 0 Å². The van der Waals surface area contributed by atoms with Crippen molar-refractivity contribution < 1.29 is 14.6 Å². The molecular formula is C21H34Cl2N4O3. The zero-order valence-electron chi connectivity index (χ0n) is 17.2. The van der Waals surface area contributed by atoms with Crippen LogP contribution in [0.4, 0.5) is 0 Å². The average molecular weight is 461 g/mol. The van der Waals surface area contributed by atoms with Crippen LogP contribution in [-0.2, 0) is 13.0 Å². The monoisotopic (exact) mass is 460 g/mol. The fourth-order valence-corrected chi connectivity index (χ4v) is 3.08. The third kappa shape index (κ3) is 10.3. The molecule has 9 heteroatoms. The second-order valence-electron chi connectivity index (χ2n) is 7.03. The molecule has 0 fully saturated rings. The standard InChI is InChI=1S/C21H32N4O3.2ClH/c22-12-5-1-2-6-13-28-20-11-4-3-8-17(20)9-7-10-18(26)14-25-15-19(21(23)27)24-16-25;;/h3-4,8,11,15-16,18,26H,1-2,5-7,9-10,12-14,22H2,(H2,23,27);2*1H/t18-;;/m0../s1. The Morgan fingerprint density at radius 3 is 2.57 bits per heavy atom. The molecule has 1 aromatic heterocycles. The van der Waals surface area contributed by atoms with Gasteiger partial charge in [-0.25, -0.2) is 4.98 Å². The minimum atomic E-state index is -0.566. The van der Waals surface area contributed by atoms with E-state index >= 15 is 0 Å². The van der Waals surface area contributed by atoms with E-state index in [1.165, 1.54) is 6.33 Å². The number of benzene rings is 1. The Kier molecular flexibility index (Phi) is 15.0. The number of unbranched alkanes of at least 4 members (excludes halogenated alkanes) is 3. The Hall–Kier alpha value is -1.80. The molecule has 2 rings (SSSR count). The highest BCUT2D eigenvalue weighted by Gasteiger charge is 2.10. The van der Waals surface area contributed by atoms with Crippen LogP contribution in [0.5, 0.6) is 5.75 Å². The zero-order valence-corrected chi connectivity index (χ0v) is 18.9. The third-order valence-corrected chi connectivity index (χ3v) is 4.62. The zero-order chi connectivity index (χ0) is 20.2. The lowest BCUT2D eigenvalue weighted by atomic mass is 10.0. The normalized spacial score (nSPS) is 11.3. The van der Waals surface area contributed by atoms with Gasteiger partial charge in [0.15, 0.2) is 0 Å². The number of aromatic nitrogens is 2. The summed E-state index contributed by atoms with van der Waals surface area (Å²) < 4.78 is 7.63. The second-order valence-corrected chi connectivity index (χ2v) is 7.03. The van der Waals surface area contributed by atoms with Crippen molar-refractivity contribution in [2.45, 2.75) is 57.6 Å². The van der Waals surface area contributed by atoms with E-state index in [4.69, 9.17) is 16.2 Å². The van der Waals surface area contributed by atoms with E-state index in [0.717, 1.165) is 56.4 Å². The number of nitrogens with zero attached hydrogens (tertiary/aromatic N) is 2. The number of hydrogen-bond donors (Lipinski definition) is 3. The first kappa shape index (κ1) is 28.2. The smallest absolute Gasteiger partial charge is 0.268 e. The van der Waals surface area contributed by atoms with E-state index in [2.05, 4.69) is 11.1 Å². The van der Waals surface area contributed by atoms with Gasteiger partial charge in [0.05, 0.1) is 19.0 Å². The molecule has 0 aliphatic heterocycles. The molecule has 0 aliphatic carbocycles. The summed E-state index contributed by atoms with van der Waals surface area (Å²) in [7, 11) is 0. The summed E-state index contributed by atoms with van der Waals surface area (Å²) in [5.41, 5.74) is 12.1. The molecule has 0 spiro atoms. The number of carbonyl (C=O) groups is 1. The Labute approximate surface area is 191 Å². The maximum absolute atomic E-state index is 11.1. The van der Waals surface area contributed by atoms with Gasteiger partial charge >= 0.3 is 0 Å². The number of primary amides is 1. The summed E-state index contributed by atoms with van der Waals surface area (Å²) in [5, 5.41) is 10.2. The molecule has 170 valence electrons. The molecule has 0 unspecified atom stereocenters. The lowest BCUT2D eigenvalue weighted by Crippen LogP contribution is -2.15. The third-order valence-electron chi connectivity index (χ3n) is 4.62. The quantitative estimate of drug-likeness (QED) is 0.374. The summed E-state index contributed by atoms with van der Waals surface area (Å²) in [4.78, 5) is 15.0. The first-order chi connectivity index (χ1) is 13.6.